The summed E-state index contributed by atoms with van der Waals surface area (Å²) in [5.41, 5.74) is 6.89. The highest BCUT2D eigenvalue weighted by Crippen LogP contribution is 2.38. The number of fused-ring (bicyclic) bond motifs is 2. The average Bonchev–Trinajstić information content (AvgIpc) is 3.36. The Morgan fingerprint density at radius 2 is 2.19 bits per heavy atom. The normalized spacial score (nSPS) is 20.9. The summed E-state index contributed by atoms with van der Waals surface area (Å²) in [6.45, 7) is 9.32. The molecule has 32 heavy (non-hydrogen) atoms. The summed E-state index contributed by atoms with van der Waals surface area (Å²) in [4.78, 5) is 20.4. The fourth-order valence-corrected chi connectivity index (χ4v) is 4.94. The van der Waals surface area contributed by atoms with E-state index < -0.39 is 0 Å². The molecule has 170 valence electrons. The van der Waals surface area contributed by atoms with E-state index in [-0.39, 0.29) is 11.9 Å². The number of nitrogens with zero attached hydrogens (tertiary/aromatic N) is 3. The number of ether oxygens (including phenoxy) is 1. The second kappa shape index (κ2) is 8.05. The number of aromatic amines is 2. The van der Waals surface area contributed by atoms with Crippen molar-refractivity contribution in [1.82, 2.24) is 20.1 Å². The Morgan fingerprint density at radius 3 is 3.00 bits per heavy atom. The van der Waals surface area contributed by atoms with Gasteiger partial charge >= 0.3 is 0 Å². The largest absolute Gasteiger partial charge is 0.379 e. The van der Waals surface area contributed by atoms with Crippen molar-refractivity contribution < 1.29 is 9.53 Å². The molecule has 7 nitrogen and oxygen atoms in total. The third-order valence-corrected chi connectivity index (χ3v) is 7.13. The number of carbonyl (C=O) groups is 1. The fraction of sp³-hybridized carbons (Fsp3) is 0.520. The average molecular weight is 436 g/mol. The molecule has 7 heteroatoms. The first-order chi connectivity index (χ1) is 15.3. The summed E-state index contributed by atoms with van der Waals surface area (Å²) in [7, 11) is 1.85. The van der Waals surface area contributed by atoms with Gasteiger partial charge in [-0.15, -0.1) is 0 Å². The summed E-state index contributed by atoms with van der Waals surface area (Å²) >= 11 is 0. The summed E-state index contributed by atoms with van der Waals surface area (Å²) in [5, 5.41) is 9.05. The zero-order valence-electron chi connectivity index (χ0n) is 19.5. The number of amides is 1. The van der Waals surface area contributed by atoms with Crippen LogP contribution in [0.1, 0.15) is 38.4 Å². The Hall–Kier alpha value is -2.64. The van der Waals surface area contributed by atoms with Gasteiger partial charge in [-0.1, -0.05) is 19.9 Å². The maximum Gasteiger partial charge on any atom is 0.240 e. The number of hydrogen-bond acceptors (Lipinski definition) is 4. The zero-order chi connectivity index (χ0) is 22.5. The second-order valence-electron chi connectivity index (χ2n) is 10.2. The molecule has 2 aromatic heterocycles. The van der Waals surface area contributed by atoms with Crippen molar-refractivity contribution >= 4 is 22.5 Å². The molecular formula is C25H33N5O2. The van der Waals surface area contributed by atoms with E-state index in [1.54, 1.807) is 4.90 Å². The van der Waals surface area contributed by atoms with E-state index in [1.807, 2.05) is 13.1 Å². The van der Waals surface area contributed by atoms with E-state index in [0.717, 1.165) is 47.4 Å². The zero-order valence-corrected chi connectivity index (χ0v) is 19.5. The molecule has 1 saturated heterocycles. The van der Waals surface area contributed by atoms with Crippen LogP contribution in [0.25, 0.3) is 22.3 Å². The van der Waals surface area contributed by atoms with Gasteiger partial charge < -0.3 is 14.6 Å². The van der Waals surface area contributed by atoms with E-state index in [0.29, 0.717) is 25.2 Å². The standard InChI is InChI=1S/C25H33N5O2/c1-16-15-32-10-9-30(16)14-23(31)29(4)18-6-5-17-11-21(26-20(17)12-18)24-19-7-8-25(2,3)13-22(19)27-28-24/h5-6,11-12,16,26H,7-10,13-15H2,1-4H3,(H,27,28). The third kappa shape index (κ3) is 3.95. The molecule has 0 radical (unpaired) electrons. The van der Waals surface area contributed by atoms with Gasteiger partial charge in [0, 0.05) is 47.5 Å². The number of hydrogen-bond donors (Lipinski definition) is 2. The lowest BCUT2D eigenvalue weighted by Gasteiger charge is -2.33. The molecule has 0 spiro atoms. The summed E-state index contributed by atoms with van der Waals surface area (Å²) in [5.74, 6) is 0.0915. The van der Waals surface area contributed by atoms with Gasteiger partial charge in [-0.05, 0) is 49.8 Å². The van der Waals surface area contributed by atoms with Crippen LogP contribution >= 0.6 is 0 Å². The van der Waals surface area contributed by atoms with Crippen LogP contribution in [0, 0.1) is 5.41 Å². The van der Waals surface area contributed by atoms with Crippen molar-refractivity contribution in [3.63, 3.8) is 0 Å². The molecule has 1 atom stereocenters. The van der Waals surface area contributed by atoms with Crippen molar-refractivity contribution in [2.75, 3.05) is 38.3 Å². The van der Waals surface area contributed by atoms with Gasteiger partial charge in [0.2, 0.25) is 5.91 Å². The van der Waals surface area contributed by atoms with Crippen LogP contribution in [-0.2, 0) is 22.4 Å². The SMILES string of the molecule is CC1COCCN1CC(=O)N(C)c1ccc2cc(-c3n[nH]c4c3CCC(C)(C)C4)[nH]c2c1. The number of carbonyl (C=O) groups excluding carboxylic acids is 1. The Labute approximate surface area is 189 Å². The lowest BCUT2D eigenvalue weighted by Crippen LogP contribution is -2.48. The predicted octanol–water partition coefficient (Wildman–Crippen LogP) is 3.76. The van der Waals surface area contributed by atoms with Crippen LogP contribution in [0.2, 0.25) is 0 Å². The molecule has 3 heterocycles. The minimum absolute atomic E-state index is 0.0915. The van der Waals surface area contributed by atoms with Crippen LogP contribution in [0.5, 0.6) is 0 Å². The van der Waals surface area contributed by atoms with Gasteiger partial charge in [-0.3, -0.25) is 14.8 Å². The van der Waals surface area contributed by atoms with Gasteiger partial charge in [-0.2, -0.15) is 5.10 Å². The number of aromatic nitrogens is 3. The van der Waals surface area contributed by atoms with E-state index in [2.05, 4.69) is 59.1 Å². The van der Waals surface area contributed by atoms with E-state index in [9.17, 15) is 4.79 Å². The summed E-state index contributed by atoms with van der Waals surface area (Å²) < 4.78 is 5.49. The minimum Gasteiger partial charge on any atom is -0.379 e. The van der Waals surface area contributed by atoms with Gasteiger partial charge in [-0.25, -0.2) is 0 Å². The lowest BCUT2D eigenvalue weighted by atomic mass is 9.76. The van der Waals surface area contributed by atoms with Gasteiger partial charge in [0.05, 0.1) is 25.5 Å². The number of H-pyrrole nitrogens is 2. The monoisotopic (exact) mass is 435 g/mol. The van der Waals surface area contributed by atoms with Crippen molar-refractivity contribution in [3.05, 3.63) is 35.5 Å². The number of nitrogens with one attached hydrogen (secondary N) is 2. The fourth-order valence-electron chi connectivity index (χ4n) is 4.94. The molecule has 0 saturated carbocycles. The molecule has 1 amide bonds. The molecule has 5 rings (SSSR count). The van der Waals surface area contributed by atoms with E-state index in [4.69, 9.17) is 4.74 Å². The van der Waals surface area contributed by atoms with Crippen molar-refractivity contribution in [2.24, 2.45) is 5.41 Å². The molecule has 0 bridgehead atoms. The highest BCUT2D eigenvalue weighted by Gasteiger charge is 2.29. The maximum absolute atomic E-state index is 12.9. The van der Waals surface area contributed by atoms with Crippen LogP contribution in [0.3, 0.4) is 0 Å². The second-order valence-corrected chi connectivity index (χ2v) is 10.2. The molecule has 2 aliphatic rings. The molecule has 1 aliphatic carbocycles. The van der Waals surface area contributed by atoms with Crippen molar-refractivity contribution in [3.8, 4) is 11.4 Å². The Morgan fingerprint density at radius 1 is 1.34 bits per heavy atom. The Kier molecular flexibility index (Phi) is 5.34. The van der Waals surface area contributed by atoms with Crippen LogP contribution < -0.4 is 4.90 Å². The maximum atomic E-state index is 12.9. The van der Waals surface area contributed by atoms with Crippen LogP contribution in [0.15, 0.2) is 24.3 Å². The Bertz CT molecular complexity index is 1140. The minimum atomic E-state index is 0.0915. The summed E-state index contributed by atoms with van der Waals surface area (Å²) in [6.07, 6.45) is 3.26. The van der Waals surface area contributed by atoms with Gasteiger partial charge in [0.1, 0.15) is 5.69 Å². The van der Waals surface area contributed by atoms with Crippen molar-refractivity contribution in [1.29, 1.82) is 0 Å². The van der Waals surface area contributed by atoms with Crippen LogP contribution in [-0.4, -0.2) is 65.4 Å². The van der Waals surface area contributed by atoms with Crippen LogP contribution in [0.4, 0.5) is 5.69 Å². The van der Waals surface area contributed by atoms with Crippen molar-refractivity contribution in [2.45, 2.75) is 46.1 Å². The van der Waals surface area contributed by atoms with E-state index in [1.165, 1.54) is 17.7 Å². The highest BCUT2D eigenvalue weighted by atomic mass is 16.5. The lowest BCUT2D eigenvalue weighted by molar-refractivity contribution is -0.121. The number of benzene rings is 1. The quantitative estimate of drug-likeness (QED) is 0.654. The molecule has 1 aromatic carbocycles. The number of anilines is 1. The molecule has 1 aliphatic heterocycles. The molecule has 1 fully saturated rings. The number of likely N-dealkylation sites (N-methyl/N-ethyl adjacent to an activating group) is 1. The highest BCUT2D eigenvalue weighted by molar-refractivity contribution is 5.97. The smallest absolute Gasteiger partial charge is 0.240 e. The molecule has 1 unspecified atom stereocenters. The number of rotatable bonds is 4. The number of morpholine rings is 1. The third-order valence-electron chi connectivity index (χ3n) is 7.13. The first-order valence-corrected chi connectivity index (χ1v) is 11.6. The topological polar surface area (TPSA) is 77.2 Å². The first-order valence-electron chi connectivity index (χ1n) is 11.6. The first kappa shape index (κ1) is 21.2. The molecular weight excluding hydrogens is 402 g/mol. The molecule has 3 aromatic rings. The molecule has 2 N–H and O–H groups in total. The Balaban J connectivity index is 1.37. The van der Waals surface area contributed by atoms with Gasteiger partial charge in [0.25, 0.3) is 0 Å². The summed E-state index contributed by atoms with van der Waals surface area (Å²) in [6, 6.07) is 8.57. The van der Waals surface area contributed by atoms with E-state index >= 15 is 0 Å². The predicted molar refractivity (Wildman–Crippen MR) is 127 cm³/mol. The van der Waals surface area contributed by atoms with Gasteiger partial charge in [0.15, 0.2) is 0 Å².